The Labute approximate surface area is 152 Å². The molecule has 0 radical (unpaired) electrons. The van der Waals surface area contributed by atoms with Crippen LogP contribution in [0.15, 0.2) is 48.5 Å². The third kappa shape index (κ3) is 3.27. The van der Waals surface area contributed by atoms with Gasteiger partial charge in [-0.3, -0.25) is 4.79 Å². The second kappa shape index (κ2) is 7.16. The van der Waals surface area contributed by atoms with E-state index in [1.54, 1.807) is 12.1 Å². The third-order valence-corrected chi connectivity index (χ3v) is 5.06. The van der Waals surface area contributed by atoms with Crippen LogP contribution in [0.2, 0.25) is 0 Å². The Morgan fingerprint density at radius 3 is 2.65 bits per heavy atom. The van der Waals surface area contributed by atoms with Crippen LogP contribution < -0.4 is 0 Å². The lowest BCUT2D eigenvalue weighted by atomic mass is 9.98. The van der Waals surface area contributed by atoms with Gasteiger partial charge in [-0.05, 0) is 43.9 Å². The van der Waals surface area contributed by atoms with Crippen molar-refractivity contribution in [3.63, 3.8) is 0 Å². The third-order valence-electron chi connectivity index (χ3n) is 5.06. The maximum atomic E-state index is 12.5. The van der Waals surface area contributed by atoms with Crippen LogP contribution in [0.5, 0.6) is 0 Å². The van der Waals surface area contributed by atoms with Crippen molar-refractivity contribution < 1.29 is 14.3 Å². The molecular weight excluding hydrogens is 326 g/mol. The van der Waals surface area contributed by atoms with E-state index in [2.05, 4.69) is 4.98 Å². The van der Waals surface area contributed by atoms with E-state index in [4.69, 9.17) is 4.74 Å². The summed E-state index contributed by atoms with van der Waals surface area (Å²) in [5.74, 6) is -0.261. The Morgan fingerprint density at radius 2 is 1.85 bits per heavy atom. The topological polar surface area (TPSA) is 59.2 Å². The van der Waals surface area contributed by atoms with E-state index in [1.165, 1.54) is 6.42 Å². The highest BCUT2D eigenvalue weighted by Gasteiger charge is 2.19. The molecule has 4 nitrogen and oxygen atoms in total. The van der Waals surface area contributed by atoms with Gasteiger partial charge in [0.2, 0.25) is 0 Å². The van der Waals surface area contributed by atoms with Gasteiger partial charge in [0.25, 0.3) is 0 Å². The number of nitrogens with one attached hydrogen (secondary N) is 1. The van der Waals surface area contributed by atoms with Crippen molar-refractivity contribution in [1.82, 2.24) is 4.98 Å². The predicted octanol–water partition coefficient (Wildman–Crippen LogP) is 5.14. The summed E-state index contributed by atoms with van der Waals surface area (Å²) >= 11 is 0. The minimum atomic E-state index is -0.261. The molecule has 1 aliphatic rings. The summed E-state index contributed by atoms with van der Waals surface area (Å²) in [5.41, 5.74) is 3.76. The van der Waals surface area contributed by atoms with Gasteiger partial charge in [0, 0.05) is 27.7 Å². The van der Waals surface area contributed by atoms with E-state index in [0.717, 1.165) is 54.1 Å². The Kier molecular flexibility index (Phi) is 4.57. The molecule has 2 aromatic carbocycles. The van der Waals surface area contributed by atoms with E-state index in [0.29, 0.717) is 11.1 Å². The molecule has 1 aliphatic carbocycles. The fourth-order valence-corrected chi connectivity index (χ4v) is 3.65. The van der Waals surface area contributed by atoms with Crippen molar-refractivity contribution in [3.05, 3.63) is 59.7 Å². The van der Waals surface area contributed by atoms with Crippen LogP contribution in [0.1, 0.15) is 52.8 Å². The van der Waals surface area contributed by atoms with Gasteiger partial charge in [-0.25, -0.2) is 4.79 Å². The van der Waals surface area contributed by atoms with Gasteiger partial charge in [0.1, 0.15) is 6.10 Å². The average Bonchev–Trinajstić information content (AvgIpc) is 3.11. The molecule has 1 saturated carbocycles. The molecule has 0 bridgehead atoms. The molecule has 1 heterocycles. The number of fused-ring (bicyclic) bond motifs is 1. The summed E-state index contributed by atoms with van der Waals surface area (Å²) in [4.78, 5) is 27.0. The standard InChI is InChI=1S/C22H21NO3/c24-14-17-6-4-5-9-19(17)21-12-15-10-11-16(13-20(15)23-21)22(25)26-18-7-2-1-3-8-18/h4-6,9-14,18,23H,1-3,7-8H2. The number of aromatic nitrogens is 1. The number of hydrogen-bond acceptors (Lipinski definition) is 3. The van der Waals surface area contributed by atoms with Crippen molar-refractivity contribution in [1.29, 1.82) is 0 Å². The first-order valence-electron chi connectivity index (χ1n) is 9.13. The first-order chi connectivity index (χ1) is 12.7. The van der Waals surface area contributed by atoms with Crippen LogP contribution in [-0.4, -0.2) is 23.3 Å². The van der Waals surface area contributed by atoms with Crippen LogP contribution in [0, 0.1) is 0 Å². The number of aromatic amines is 1. The van der Waals surface area contributed by atoms with Crippen molar-refractivity contribution in [2.75, 3.05) is 0 Å². The first-order valence-corrected chi connectivity index (χ1v) is 9.13. The highest BCUT2D eigenvalue weighted by atomic mass is 16.5. The van der Waals surface area contributed by atoms with Crippen LogP contribution in [-0.2, 0) is 4.74 Å². The lowest BCUT2D eigenvalue weighted by molar-refractivity contribution is 0.0211. The van der Waals surface area contributed by atoms with Gasteiger partial charge in [-0.1, -0.05) is 36.8 Å². The zero-order chi connectivity index (χ0) is 17.9. The zero-order valence-electron chi connectivity index (χ0n) is 14.5. The monoisotopic (exact) mass is 347 g/mol. The number of hydrogen-bond donors (Lipinski definition) is 1. The zero-order valence-corrected chi connectivity index (χ0v) is 14.5. The normalized spacial score (nSPS) is 15.1. The van der Waals surface area contributed by atoms with Crippen molar-refractivity contribution in [3.8, 4) is 11.3 Å². The molecule has 132 valence electrons. The van der Waals surface area contributed by atoms with Gasteiger partial charge >= 0.3 is 5.97 Å². The van der Waals surface area contributed by atoms with E-state index >= 15 is 0 Å². The van der Waals surface area contributed by atoms with E-state index in [-0.39, 0.29) is 12.1 Å². The highest BCUT2D eigenvalue weighted by molar-refractivity contribution is 5.97. The van der Waals surface area contributed by atoms with E-state index < -0.39 is 0 Å². The van der Waals surface area contributed by atoms with E-state index in [1.807, 2.05) is 36.4 Å². The lowest BCUT2D eigenvalue weighted by Gasteiger charge is -2.21. The molecule has 0 amide bonds. The Bertz CT molecular complexity index is 951. The Morgan fingerprint density at radius 1 is 1.04 bits per heavy atom. The molecule has 0 atom stereocenters. The Balaban J connectivity index is 1.61. The van der Waals surface area contributed by atoms with Gasteiger partial charge in [-0.15, -0.1) is 0 Å². The van der Waals surface area contributed by atoms with Gasteiger partial charge in [-0.2, -0.15) is 0 Å². The molecule has 1 aromatic heterocycles. The maximum absolute atomic E-state index is 12.5. The fourth-order valence-electron chi connectivity index (χ4n) is 3.65. The van der Waals surface area contributed by atoms with Gasteiger partial charge in [0.05, 0.1) is 5.56 Å². The van der Waals surface area contributed by atoms with Crippen molar-refractivity contribution in [2.45, 2.75) is 38.2 Å². The largest absolute Gasteiger partial charge is 0.459 e. The number of carbonyl (C=O) groups excluding carboxylic acids is 2. The quantitative estimate of drug-likeness (QED) is 0.525. The number of esters is 1. The second-order valence-electron chi connectivity index (χ2n) is 6.86. The number of carbonyl (C=O) groups is 2. The molecular formula is C22H21NO3. The SMILES string of the molecule is O=Cc1ccccc1-c1cc2ccc(C(=O)OC3CCCCC3)cc2[nH]1. The van der Waals surface area contributed by atoms with E-state index in [9.17, 15) is 9.59 Å². The molecule has 3 aromatic rings. The number of aldehydes is 1. The van der Waals surface area contributed by atoms with Gasteiger partial charge in [0.15, 0.2) is 6.29 Å². The van der Waals surface area contributed by atoms with Crippen LogP contribution >= 0.6 is 0 Å². The Hall–Kier alpha value is -2.88. The van der Waals surface area contributed by atoms with Crippen LogP contribution in [0.4, 0.5) is 0 Å². The summed E-state index contributed by atoms with van der Waals surface area (Å²) < 4.78 is 5.66. The summed E-state index contributed by atoms with van der Waals surface area (Å²) in [6, 6.07) is 15.0. The molecule has 1 N–H and O–H groups in total. The summed E-state index contributed by atoms with van der Waals surface area (Å²) in [5, 5.41) is 0.995. The summed E-state index contributed by atoms with van der Waals surface area (Å²) in [7, 11) is 0. The smallest absolute Gasteiger partial charge is 0.338 e. The minimum absolute atomic E-state index is 0.0469. The number of H-pyrrole nitrogens is 1. The lowest BCUT2D eigenvalue weighted by Crippen LogP contribution is -2.20. The molecule has 4 rings (SSSR count). The first kappa shape index (κ1) is 16.6. The molecule has 0 unspecified atom stereocenters. The highest BCUT2D eigenvalue weighted by Crippen LogP contribution is 2.27. The van der Waals surface area contributed by atoms with Crippen molar-refractivity contribution >= 4 is 23.2 Å². The maximum Gasteiger partial charge on any atom is 0.338 e. The second-order valence-corrected chi connectivity index (χ2v) is 6.86. The molecule has 0 spiro atoms. The number of ether oxygens (including phenoxy) is 1. The van der Waals surface area contributed by atoms with Crippen molar-refractivity contribution in [2.24, 2.45) is 0 Å². The molecule has 1 fully saturated rings. The molecule has 26 heavy (non-hydrogen) atoms. The minimum Gasteiger partial charge on any atom is -0.459 e. The average molecular weight is 347 g/mol. The molecule has 4 heteroatoms. The van der Waals surface area contributed by atoms with Gasteiger partial charge < -0.3 is 9.72 Å². The van der Waals surface area contributed by atoms with Crippen LogP contribution in [0.3, 0.4) is 0 Å². The number of rotatable bonds is 4. The summed E-state index contributed by atoms with van der Waals surface area (Å²) in [6.45, 7) is 0. The fraction of sp³-hybridized carbons (Fsp3) is 0.273. The van der Waals surface area contributed by atoms with Crippen LogP contribution in [0.25, 0.3) is 22.2 Å². The summed E-state index contributed by atoms with van der Waals surface area (Å²) in [6.07, 6.45) is 6.32. The number of benzene rings is 2. The molecule has 0 aliphatic heterocycles. The predicted molar refractivity (Wildman–Crippen MR) is 101 cm³/mol. The molecule has 0 saturated heterocycles.